The monoisotopic (exact) mass is 278 g/mol. The Kier molecular flexibility index (Phi) is 3.77. The van der Waals surface area contributed by atoms with Crippen molar-refractivity contribution >= 4 is 22.7 Å². The quantitative estimate of drug-likeness (QED) is 0.906. The van der Waals surface area contributed by atoms with Crippen molar-refractivity contribution in [2.24, 2.45) is 0 Å². The largest absolute Gasteiger partial charge is 0.308 e. The van der Waals surface area contributed by atoms with E-state index in [1.54, 1.807) is 0 Å². The van der Waals surface area contributed by atoms with Gasteiger partial charge in [0.1, 0.15) is 5.01 Å². The predicted molar refractivity (Wildman–Crippen MR) is 79.3 cm³/mol. The molecule has 0 unspecified atom stereocenters. The van der Waals surface area contributed by atoms with E-state index in [1.807, 2.05) is 28.9 Å². The second-order valence-corrected chi connectivity index (χ2v) is 6.94. The predicted octanol–water partition coefficient (Wildman–Crippen LogP) is 4.21. The maximum atomic E-state index is 4.54. The highest BCUT2D eigenvalue weighted by Gasteiger charge is 2.15. The topological polar surface area (TPSA) is 24.9 Å². The first-order valence-electron chi connectivity index (χ1n) is 6.55. The fraction of sp³-hybridized carbons (Fsp3) is 0.500. The number of thiazole rings is 1. The SMILES string of the molecule is Cc1ccsc1-c1cnc(CNC2CCCC2)s1. The van der Waals surface area contributed by atoms with E-state index in [9.17, 15) is 0 Å². The molecule has 0 bridgehead atoms. The van der Waals surface area contributed by atoms with Crippen LogP contribution >= 0.6 is 22.7 Å². The van der Waals surface area contributed by atoms with Gasteiger partial charge in [0.2, 0.25) is 0 Å². The van der Waals surface area contributed by atoms with E-state index in [0.717, 1.165) is 12.6 Å². The molecule has 0 spiro atoms. The van der Waals surface area contributed by atoms with Crippen molar-refractivity contribution in [3.63, 3.8) is 0 Å². The highest BCUT2D eigenvalue weighted by molar-refractivity contribution is 7.21. The van der Waals surface area contributed by atoms with Crippen molar-refractivity contribution in [2.75, 3.05) is 0 Å². The van der Waals surface area contributed by atoms with Gasteiger partial charge >= 0.3 is 0 Å². The van der Waals surface area contributed by atoms with Gasteiger partial charge in [0.05, 0.1) is 4.88 Å². The first-order chi connectivity index (χ1) is 8.83. The zero-order valence-corrected chi connectivity index (χ0v) is 12.2. The molecule has 0 radical (unpaired) electrons. The van der Waals surface area contributed by atoms with Gasteiger partial charge in [-0.25, -0.2) is 4.98 Å². The van der Waals surface area contributed by atoms with Crippen molar-refractivity contribution in [3.05, 3.63) is 28.2 Å². The second-order valence-electron chi connectivity index (χ2n) is 4.91. The molecule has 18 heavy (non-hydrogen) atoms. The van der Waals surface area contributed by atoms with Crippen LogP contribution in [-0.2, 0) is 6.54 Å². The molecule has 96 valence electrons. The van der Waals surface area contributed by atoms with Gasteiger partial charge in [0.25, 0.3) is 0 Å². The Bertz CT molecular complexity index is 509. The van der Waals surface area contributed by atoms with Crippen LogP contribution in [0.25, 0.3) is 9.75 Å². The summed E-state index contributed by atoms with van der Waals surface area (Å²) < 4.78 is 0. The van der Waals surface area contributed by atoms with Crippen LogP contribution in [0.2, 0.25) is 0 Å². The van der Waals surface area contributed by atoms with E-state index >= 15 is 0 Å². The first-order valence-corrected chi connectivity index (χ1v) is 8.25. The lowest BCUT2D eigenvalue weighted by Crippen LogP contribution is -2.25. The normalized spacial score (nSPS) is 16.5. The third kappa shape index (κ3) is 2.66. The van der Waals surface area contributed by atoms with Gasteiger partial charge in [-0.05, 0) is 36.8 Å². The van der Waals surface area contributed by atoms with E-state index < -0.39 is 0 Å². The Morgan fingerprint density at radius 2 is 2.22 bits per heavy atom. The van der Waals surface area contributed by atoms with Crippen LogP contribution in [0, 0.1) is 6.92 Å². The van der Waals surface area contributed by atoms with Gasteiger partial charge in [-0.15, -0.1) is 22.7 Å². The molecule has 0 saturated heterocycles. The van der Waals surface area contributed by atoms with E-state index in [0.29, 0.717) is 0 Å². The molecule has 1 saturated carbocycles. The molecule has 0 aromatic carbocycles. The van der Waals surface area contributed by atoms with Gasteiger partial charge in [0.15, 0.2) is 0 Å². The Morgan fingerprint density at radius 3 is 2.94 bits per heavy atom. The Hall–Kier alpha value is -0.710. The summed E-state index contributed by atoms with van der Waals surface area (Å²) in [4.78, 5) is 7.22. The molecule has 2 aromatic heterocycles. The van der Waals surface area contributed by atoms with E-state index in [2.05, 4.69) is 28.7 Å². The van der Waals surface area contributed by atoms with E-state index in [-0.39, 0.29) is 0 Å². The number of nitrogens with one attached hydrogen (secondary N) is 1. The Morgan fingerprint density at radius 1 is 1.39 bits per heavy atom. The lowest BCUT2D eigenvalue weighted by molar-refractivity contribution is 0.523. The molecule has 1 fully saturated rings. The molecular weight excluding hydrogens is 260 g/mol. The van der Waals surface area contributed by atoms with Gasteiger partial charge in [-0.1, -0.05) is 12.8 Å². The van der Waals surface area contributed by atoms with Crippen LogP contribution < -0.4 is 5.32 Å². The number of hydrogen-bond donors (Lipinski definition) is 1. The lowest BCUT2D eigenvalue weighted by atomic mass is 10.2. The van der Waals surface area contributed by atoms with E-state index in [4.69, 9.17) is 0 Å². The summed E-state index contributed by atoms with van der Waals surface area (Å²) in [6.07, 6.45) is 7.46. The third-order valence-electron chi connectivity index (χ3n) is 3.54. The summed E-state index contributed by atoms with van der Waals surface area (Å²) in [5.41, 5.74) is 1.36. The molecule has 2 heterocycles. The number of rotatable bonds is 4. The number of nitrogens with zero attached hydrogens (tertiary/aromatic N) is 1. The second kappa shape index (κ2) is 5.51. The first kappa shape index (κ1) is 12.3. The zero-order chi connectivity index (χ0) is 12.4. The Balaban J connectivity index is 1.64. The van der Waals surface area contributed by atoms with Crippen LogP contribution in [0.1, 0.15) is 36.3 Å². The molecule has 2 aromatic rings. The summed E-state index contributed by atoms with van der Waals surface area (Å²) >= 11 is 3.63. The fourth-order valence-electron chi connectivity index (χ4n) is 2.48. The fourth-order valence-corrected chi connectivity index (χ4v) is 4.46. The van der Waals surface area contributed by atoms with Crippen molar-refractivity contribution in [2.45, 2.75) is 45.2 Å². The summed E-state index contributed by atoms with van der Waals surface area (Å²) in [5.74, 6) is 0. The maximum absolute atomic E-state index is 4.54. The molecule has 1 N–H and O–H groups in total. The lowest BCUT2D eigenvalue weighted by Gasteiger charge is -2.09. The van der Waals surface area contributed by atoms with Crippen molar-refractivity contribution in [1.29, 1.82) is 0 Å². The molecule has 0 aliphatic heterocycles. The molecule has 4 heteroatoms. The summed E-state index contributed by atoms with van der Waals surface area (Å²) in [6, 6.07) is 2.90. The minimum absolute atomic E-state index is 0.723. The number of aromatic nitrogens is 1. The molecule has 1 aliphatic rings. The number of thiophene rings is 1. The highest BCUT2D eigenvalue weighted by Crippen LogP contribution is 2.33. The Labute approximate surface area is 116 Å². The summed E-state index contributed by atoms with van der Waals surface area (Å²) in [7, 11) is 0. The highest BCUT2D eigenvalue weighted by atomic mass is 32.1. The molecule has 1 aliphatic carbocycles. The van der Waals surface area contributed by atoms with Crippen molar-refractivity contribution in [3.8, 4) is 9.75 Å². The third-order valence-corrected chi connectivity index (χ3v) is 5.73. The molecule has 0 amide bonds. The van der Waals surface area contributed by atoms with Crippen LogP contribution in [0.5, 0.6) is 0 Å². The minimum atomic E-state index is 0.723. The minimum Gasteiger partial charge on any atom is -0.308 e. The van der Waals surface area contributed by atoms with Crippen molar-refractivity contribution < 1.29 is 0 Å². The van der Waals surface area contributed by atoms with Gasteiger partial charge in [0, 0.05) is 23.7 Å². The van der Waals surface area contributed by atoms with Crippen LogP contribution in [0.4, 0.5) is 0 Å². The average Bonchev–Trinajstić information content (AvgIpc) is 3.07. The zero-order valence-electron chi connectivity index (χ0n) is 10.6. The number of hydrogen-bond acceptors (Lipinski definition) is 4. The standard InChI is InChI=1S/C14H18N2S2/c1-10-6-7-17-14(10)12-8-16-13(18-12)9-15-11-4-2-3-5-11/h6-8,11,15H,2-5,9H2,1H3. The van der Waals surface area contributed by atoms with Gasteiger partial charge < -0.3 is 5.32 Å². The van der Waals surface area contributed by atoms with Crippen LogP contribution in [-0.4, -0.2) is 11.0 Å². The number of aryl methyl sites for hydroxylation is 1. The smallest absolute Gasteiger partial charge is 0.107 e. The van der Waals surface area contributed by atoms with Crippen LogP contribution in [0.15, 0.2) is 17.6 Å². The van der Waals surface area contributed by atoms with Gasteiger partial charge in [-0.2, -0.15) is 0 Å². The maximum Gasteiger partial charge on any atom is 0.107 e. The molecule has 0 atom stereocenters. The summed E-state index contributed by atoms with van der Waals surface area (Å²) in [6.45, 7) is 3.10. The molecule has 2 nitrogen and oxygen atoms in total. The average molecular weight is 278 g/mol. The van der Waals surface area contributed by atoms with Crippen LogP contribution in [0.3, 0.4) is 0 Å². The molecular formula is C14H18N2S2. The molecule has 3 rings (SSSR count). The summed E-state index contributed by atoms with van der Waals surface area (Å²) in [5, 5.41) is 6.99. The van der Waals surface area contributed by atoms with Crippen molar-refractivity contribution in [1.82, 2.24) is 10.3 Å². The van der Waals surface area contributed by atoms with E-state index in [1.165, 1.54) is 46.0 Å². The van der Waals surface area contributed by atoms with Gasteiger partial charge in [-0.3, -0.25) is 0 Å².